The molecule has 5 heteroatoms. The monoisotopic (exact) mass is 339 g/mol. The number of nitrogens with zero attached hydrogens (tertiary/aromatic N) is 3. The third-order valence-corrected chi connectivity index (χ3v) is 5.47. The number of hydrogen-bond acceptors (Lipinski definition) is 3. The molecule has 132 valence electrons. The van der Waals surface area contributed by atoms with Crippen molar-refractivity contribution in [1.29, 1.82) is 0 Å². The zero-order chi connectivity index (χ0) is 17.4. The van der Waals surface area contributed by atoms with Crippen LogP contribution in [0.2, 0.25) is 0 Å². The van der Waals surface area contributed by atoms with Crippen LogP contribution in [0.4, 0.5) is 0 Å². The van der Waals surface area contributed by atoms with Crippen LogP contribution in [0.5, 0.6) is 0 Å². The fourth-order valence-corrected chi connectivity index (χ4v) is 3.82. The maximum absolute atomic E-state index is 12.6. The second-order valence-electron chi connectivity index (χ2n) is 7.20. The number of aromatic nitrogens is 2. The van der Waals surface area contributed by atoms with E-state index in [2.05, 4.69) is 34.7 Å². The van der Waals surface area contributed by atoms with Gasteiger partial charge in [0.05, 0.1) is 18.5 Å². The minimum Gasteiger partial charge on any atom is -0.380 e. The first-order valence-electron chi connectivity index (χ1n) is 9.09. The lowest BCUT2D eigenvalue weighted by atomic mass is 10.1. The lowest BCUT2D eigenvalue weighted by Gasteiger charge is -2.20. The van der Waals surface area contributed by atoms with Gasteiger partial charge in [0.25, 0.3) is 0 Å². The normalized spacial score (nSPS) is 22.4. The topological polar surface area (TPSA) is 47.4 Å². The van der Waals surface area contributed by atoms with Crippen LogP contribution in [0.15, 0.2) is 30.5 Å². The Labute approximate surface area is 148 Å². The second-order valence-corrected chi connectivity index (χ2v) is 7.20. The Morgan fingerprint density at radius 2 is 2.08 bits per heavy atom. The van der Waals surface area contributed by atoms with Crippen molar-refractivity contribution >= 4 is 5.91 Å². The molecule has 2 aromatic rings. The molecule has 0 N–H and O–H groups in total. The standard InChI is InChI=1S/C20H25N3O2/c1-14-11-17(14)20(24)22-8-7-19-21-12-18(23(19)10-9-22)16-6-4-3-5-15(16)13-25-2/h3-6,12,14,17H,7-11,13H2,1-2H3/t14-,17+/m1/s1. The van der Waals surface area contributed by atoms with Crippen molar-refractivity contribution in [3.05, 3.63) is 41.9 Å². The van der Waals surface area contributed by atoms with E-state index in [9.17, 15) is 4.79 Å². The number of amides is 1. The predicted octanol–water partition coefficient (Wildman–Crippen LogP) is 2.74. The summed E-state index contributed by atoms with van der Waals surface area (Å²) < 4.78 is 7.62. The van der Waals surface area contributed by atoms with E-state index >= 15 is 0 Å². The van der Waals surface area contributed by atoms with Crippen LogP contribution in [-0.2, 0) is 29.1 Å². The summed E-state index contributed by atoms with van der Waals surface area (Å²) in [4.78, 5) is 19.3. The molecule has 2 atom stereocenters. The van der Waals surface area contributed by atoms with Crippen LogP contribution in [0.3, 0.4) is 0 Å². The largest absolute Gasteiger partial charge is 0.380 e. The van der Waals surface area contributed by atoms with Crippen molar-refractivity contribution < 1.29 is 9.53 Å². The van der Waals surface area contributed by atoms with Crippen LogP contribution >= 0.6 is 0 Å². The molecule has 1 aromatic heterocycles. The summed E-state index contributed by atoms with van der Waals surface area (Å²) in [7, 11) is 1.72. The highest BCUT2D eigenvalue weighted by atomic mass is 16.5. The van der Waals surface area contributed by atoms with Crippen molar-refractivity contribution in [2.24, 2.45) is 11.8 Å². The van der Waals surface area contributed by atoms with Crippen molar-refractivity contribution in [2.45, 2.75) is 32.9 Å². The zero-order valence-corrected chi connectivity index (χ0v) is 14.9. The highest BCUT2D eigenvalue weighted by molar-refractivity contribution is 5.81. The molecule has 0 unspecified atom stereocenters. The highest BCUT2D eigenvalue weighted by Gasteiger charge is 2.41. The predicted molar refractivity (Wildman–Crippen MR) is 95.9 cm³/mol. The van der Waals surface area contributed by atoms with Gasteiger partial charge >= 0.3 is 0 Å². The third-order valence-electron chi connectivity index (χ3n) is 5.47. The fourth-order valence-electron chi connectivity index (χ4n) is 3.82. The number of methoxy groups -OCH3 is 1. The van der Waals surface area contributed by atoms with E-state index in [-0.39, 0.29) is 5.92 Å². The van der Waals surface area contributed by atoms with Gasteiger partial charge in [0, 0.05) is 44.6 Å². The molecule has 1 saturated carbocycles. The lowest BCUT2D eigenvalue weighted by Crippen LogP contribution is -2.35. The van der Waals surface area contributed by atoms with Gasteiger partial charge in [0.2, 0.25) is 5.91 Å². The fraction of sp³-hybridized carbons (Fsp3) is 0.500. The molecule has 0 radical (unpaired) electrons. The number of carbonyl (C=O) groups excluding carboxylic acids is 1. The van der Waals surface area contributed by atoms with Crippen molar-refractivity contribution in [2.75, 3.05) is 20.2 Å². The smallest absolute Gasteiger partial charge is 0.226 e. The molecule has 2 aliphatic rings. The molecule has 25 heavy (non-hydrogen) atoms. The molecule has 0 saturated heterocycles. The quantitative estimate of drug-likeness (QED) is 0.860. The third kappa shape index (κ3) is 3.09. The zero-order valence-electron chi connectivity index (χ0n) is 14.9. The first-order valence-corrected chi connectivity index (χ1v) is 9.09. The molecule has 1 fully saturated rings. The highest BCUT2D eigenvalue weighted by Crippen LogP contribution is 2.39. The van der Waals surface area contributed by atoms with E-state index in [0.29, 0.717) is 18.4 Å². The van der Waals surface area contributed by atoms with Gasteiger partial charge in [-0.1, -0.05) is 31.2 Å². The van der Waals surface area contributed by atoms with E-state index in [1.54, 1.807) is 7.11 Å². The number of carbonyl (C=O) groups is 1. The van der Waals surface area contributed by atoms with Crippen LogP contribution in [0.1, 0.15) is 24.7 Å². The summed E-state index contributed by atoms with van der Waals surface area (Å²) in [6, 6.07) is 8.31. The number of rotatable bonds is 4. The maximum atomic E-state index is 12.6. The summed E-state index contributed by atoms with van der Waals surface area (Å²) in [5.41, 5.74) is 3.45. The Bertz CT molecular complexity index is 783. The average molecular weight is 339 g/mol. The van der Waals surface area contributed by atoms with Gasteiger partial charge in [-0.25, -0.2) is 4.98 Å². The number of benzene rings is 1. The van der Waals surface area contributed by atoms with Crippen molar-refractivity contribution in [1.82, 2.24) is 14.5 Å². The Morgan fingerprint density at radius 1 is 1.28 bits per heavy atom. The Morgan fingerprint density at radius 3 is 2.84 bits per heavy atom. The molecule has 5 nitrogen and oxygen atoms in total. The molecular formula is C20H25N3O2. The molecule has 1 aliphatic carbocycles. The van der Waals surface area contributed by atoms with E-state index < -0.39 is 0 Å². The molecule has 1 aliphatic heterocycles. The summed E-state index contributed by atoms with van der Waals surface area (Å²) >= 11 is 0. The van der Waals surface area contributed by atoms with Crippen molar-refractivity contribution in [3.8, 4) is 11.3 Å². The van der Waals surface area contributed by atoms with E-state index in [1.165, 1.54) is 5.56 Å². The maximum Gasteiger partial charge on any atom is 0.226 e. The molecule has 0 spiro atoms. The van der Waals surface area contributed by atoms with Gasteiger partial charge in [-0.05, 0) is 17.9 Å². The number of imidazole rings is 1. The van der Waals surface area contributed by atoms with E-state index in [1.807, 2.05) is 17.2 Å². The lowest BCUT2D eigenvalue weighted by molar-refractivity contribution is -0.132. The summed E-state index contributed by atoms with van der Waals surface area (Å²) in [6.07, 6.45) is 3.83. The number of hydrogen-bond donors (Lipinski definition) is 0. The Balaban J connectivity index is 1.58. The van der Waals surface area contributed by atoms with Crippen molar-refractivity contribution in [3.63, 3.8) is 0 Å². The van der Waals surface area contributed by atoms with Gasteiger partial charge in [0.15, 0.2) is 0 Å². The van der Waals surface area contributed by atoms with Crippen LogP contribution in [0, 0.1) is 11.8 Å². The Kier molecular flexibility index (Phi) is 4.34. The number of fused-ring (bicyclic) bond motifs is 1. The molecule has 0 bridgehead atoms. The Hall–Kier alpha value is -2.14. The summed E-state index contributed by atoms with van der Waals surface area (Å²) in [5, 5.41) is 0. The number of ether oxygens (including phenoxy) is 1. The van der Waals surface area contributed by atoms with Crippen LogP contribution in [-0.4, -0.2) is 40.6 Å². The van der Waals surface area contributed by atoms with Gasteiger partial charge in [-0.3, -0.25) is 4.79 Å². The van der Waals surface area contributed by atoms with Gasteiger partial charge in [-0.2, -0.15) is 0 Å². The first kappa shape index (κ1) is 16.3. The molecule has 1 amide bonds. The summed E-state index contributed by atoms with van der Waals surface area (Å²) in [6.45, 7) is 5.10. The molecule has 2 heterocycles. The van der Waals surface area contributed by atoms with Gasteiger partial charge < -0.3 is 14.2 Å². The SMILES string of the molecule is COCc1ccccc1-c1cnc2n1CCN(C(=O)[C@H]1C[C@H]1C)CC2. The molecule has 1 aromatic carbocycles. The second kappa shape index (κ2) is 6.64. The minimum absolute atomic E-state index is 0.257. The van der Waals surface area contributed by atoms with E-state index in [0.717, 1.165) is 49.6 Å². The van der Waals surface area contributed by atoms with Crippen LogP contribution in [0.25, 0.3) is 11.3 Å². The van der Waals surface area contributed by atoms with Gasteiger partial charge in [-0.15, -0.1) is 0 Å². The minimum atomic E-state index is 0.257. The first-order chi connectivity index (χ1) is 12.2. The summed E-state index contributed by atoms with van der Waals surface area (Å²) in [5.74, 6) is 2.22. The van der Waals surface area contributed by atoms with Gasteiger partial charge in [0.1, 0.15) is 5.82 Å². The molecule has 4 rings (SSSR count). The average Bonchev–Trinajstić information content (AvgIpc) is 3.28. The van der Waals surface area contributed by atoms with Crippen LogP contribution < -0.4 is 0 Å². The van der Waals surface area contributed by atoms with E-state index in [4.69, 9.17) is 4.74 Å². The molecular weight excluding hydrogens is 314 g/mol.